The van der Waals surface area contributed by atoms with Gasteiger partial charge in [-0.2, -0.15) is 0 Å². The predicted molar refractivity (Wildman–Crippen MR) is 93.2 cm³/mol. The summed E-state index contributed by atoms with van der Waals surface area (Å²) in [5, 5.41) is 3.20. The van der Waals surface area contributed by atoms with Crippen molar-refractivity contribution >= 4 is 21.8 Å². The van der Waals surface area contributed by atoms with E-state index in [0.717, 1.165) is 41.0 Å². The van der Waals surface area contributed by atoms with E-state index in [1.165, 1.54) is 19.3 Å². The minimum absolute atomic E-state index is 0.173. The van der Waals surface area contributed by atoms with Crippen LogP contribution in [0.25, 0.3) is 0 Å². The van der Waals surface area contributed by atoms with Crippen molar-refractivity contribution in [3.8, 4) is 5.75 Å². The Labute approximate surface area is 141 Å². The van der Waals surface area contributed by atoms with Gasteiger partial charge in [0, 0.05) is 12.5 Å². The minimum Gasteiger partial charge on any atom is -0.496 e. The second kappa shape index (κ2) is 8.56. The summed E-state index contributed by atoms with van der Waals surface area (Å²) in [6, 6.07) is 6.36. The summed E-state index contributed by atoms with van der Waals surface area (Å²) in [4.78, 5) is 12.1. The summed E-state index contributed by atoms with van der Waals surface area (Å²) in [5.74, 6) is 1.86. The number of carbonyl (C=O) groups excluding carboxylic acids is 1. The molecule has 1 aromatic rings. The highest BCUT2D eigenvalue weighted by molar-refractivity contribution is 9.10. The molecule has 0 saturated heterocycles. The van der Waals surface area contributed by atoms with Gasteiger partial charge in [0.15, 0.2) is 0 Å². The largest absolute Gasteiger partial charge is 0.496 e. The van der Waals surface area contributed by atoms with Gasteiger partial charge in [0.2, 0.25) is 5.91 Å². The number of carbonyl (C=O) groups is 1. The Balaban J connectivity index is 1.75. The Morgan fingerprint density at radius 1 is 1.32 bits per heavy atom. The van der Waals surface area contributed by atoms with Crippen LogP contribution < -0.4 is 10.1 Å². The number of rotatable bonds is 6. The fourth-order valence-corrected chi connectivity index (χ4v) is 3.73. The average Bonchev–Trinajstić information content (AvgIpc) is 2.54. The van der Waals surface area contributed by atoms with Gasteiger partial charge in [-0.25, -0.2) is 0 Å². The molecule has 0 atom stereocenters. The fourth-order valence-electron chi connectivity index (χ4n) is 3.14. The second-order valence-corrected chi connectivity index (χ2v) is 7.02. The summed E-state index contributed by atoms with van der Waals surface area (Å²) in [7, 11) is 1.65. The average molecular weight is 368 g/mol. The molecule has 0 heterocycles. The van der Waals surface area contributed by atoms with Gasteiger partial charge in [0.05, 0.1) is 11.6 Å². The Morgan fingerprint density at radius 2 is 2.05 bits per heavy atom. The zero-order chi connectivity index (χ0) is 15.9. The van der Waals surface area contributed by atoms with Crippen LogP contribution in [-0.2, 0) is 11.2 Å². The monoisotopic (exact) mass is 367 g/mol. The van der Waals surface area contributed by atoms with Crippen LogP contribution in [0.4, 0.5) is 0 Å². The number of hydrogen-bond donors (Lipinski definition) is 1. The molecule has 122 valence electrons. The highest BCUT2D eigenvalue weighted by Crippen LogP contribution is 2.27. The maximum atomic E-state index is 12.1. The first-order chi connectivity index (χ1) is 10.6. The first-order valence-corrected chi connectivity index (χ1v) is 9.03. The molecule has 0 spiro atoms. The Morgan fingerprint density at radius 3 is 2.64 bits per heavy atom. The van der Waals surface area contributed by atoms with E-state index >= 15 is 0 Å². The fraction of sp³-hybridized carbons (Fsp3) is 0.611. The Hall–Kier alpha value is -1.03. The predicted octanol–water partition coefficient (Wildman–Crippen LogP) is 4.48. The Kier molecular flexibility index (Phi) is 6.74. The topological polar surface area (TPSA) is 38.3 Å². The molecule has 3 nitrogen and oxygen atoms in total. The molecule has 4 heteroatoms. The lowest BCUT2D eigenvalue weighted by molar-refractivity contribution is -0.122. The number of aryl methyl sites for hydroxylation is 1. The molecule has 1 aromatic carbocycles. The number of ether oxygens (including phenoxy) is 1. The van der Waals surface area contributed by atoms with Gasteiger partial charge in [-0.15, -0.1) is 0 Å². The molecule has 1 aliphatic carbocycles. The number of nitrogens with one attached hydrogen (secondary N) is 1. The number of amides is 1. The number of hydrogen-bond acceptors (Lipinski definition) is 2. The summed E-state index contributed by atoms with van der Waals surface area (Å²) in [5.41, 5.74) is 1.15. The molecule has 1 saturated carbocycles. The first kappa shape index (κ1) is 17.3. The van der Waals surface area contributed by atoms with E-state index in [4.69, 9.17) is 4.74 Å². The second-order valence-electron chi connectivity index (χ2n) is 6.16. The summed E-state index contributed by atoms with van der Waals surface area (Å²) in [6.45, 7) is 2.26. The van der Waals surface area contributed by atoms with Crippen LogP contribution >= 0.6 is 15.9 Å². The van der Waals surface area contributed by atoms with E-state index in [-0.39, 0.29) is 5.91 Å². The molecule has 2 rings (SSSR count). The first-order valence-electron chi connectivity index (χ1n) is 8.24. The van der Waals surface area contributed by atoms with Crippen LogP contribution in [0.2, 0.25) is 0 Å². The van der Waals surface area contributed by atoms with Crippen molar-refractivity contribution in [1.29, 1.82) is 0 Å². The van der Waals surface area contributed by atoms with Crippen molar-refractivity contribution in [1.82, 2.24) is 5.32 Å². The lowest BCUT2D eigenvalue weighted by Gasteiger charge is -2.28. The van der Waals surface area contributed by atoms with Gasteiger partial charge >= 0.3 is 0 Å². The van der Waals surface area contributed by atoms with E-state index < -0.39 is 0 Å². The molecule has 1 amide bonds. The van der Waals surface area contributed by atoms with Crippen molar-refractivity contribution in [3.05, 3.63) is 28.2 Å². The normalized spacial score (nSPS) is 21.4. The van der Waals surface area contributed by atoms with Gasteiger partial charge < -0.3 is 10.1 Å². The van der Waals surface area contributed by atoms with Crippen LogP contribution in [0.15, 0.2) is 22.7 Å². The molecule has 0 aliphatic heterocycles. The van der Waals surface area contributed by atoms with Crippen molar-refractivity contribution in [3.63, 3.8) is 0 Å². The molecule has 1 aliphatic rings. The molecule has 22 heavy (non-hydrogen) atoms. The maximum Gasteiger partial charge on any atom is 0.220 e. The third-order valence-electron chi connectivity index (χ3n) is 4.65. The highest BCUT2D eigenvalue weighted by Gasteiger charge is 2.21. The van der Waals surface area contributed by atoms with Gasteiger partial charge in [-0.3, -0.25) is 4.79 Å². The van der Waals surface area contributed by atoms with Gasteiger partial charge in [-0.05, 0) is 71.6 Å². The third-order valence-corrected chi connectivity index (χ3v) is 5.27. The van der Waals surface area contributed by atoms with Gasteiger partial charge in [-0.1, -0.05) is 19.4 Å². The van der Waals surface area contributed by atoms with E-state index in [0.29, 0.717) is 12.5 Å². The molecule has 1 fully saturated rings. The summed E-state index contributed by atoms with van der Waals surface area (Å²) in [6.07, 6.45) is 7.37. The molecule has 0 aromatic heterocycles. The minimum atomic E-state index is 0.173. The van der Waals surface area contributed by atoms with E-state index in [1.807, 2.05) is 18.2 Å². The van der Waals surface area contributed by atoms with Crippen LogP contribution in [0.1, 0.15) is 51.0 Å². The highest BCUT2D eigenvalue weighted by atomic mass is 79.9. The van der Waals surface area contributed by atoms with Gasteiger partial charge in [0.1, 0.15) is 5.75 Å². The quantitative estimate of drug-likeness (QED) is 0.804. The van der Waals surface area contributed by atoms with Crippen LogP contribution in [0.5, 0.6) is 5.75 Å². The van der Waals surface area contributed by atoms with E-state index in [2.05, 4.69) is 28.2 Å². The lowest BCUT2D eigenvalue weighted by Crippen LogP contribution is -2.37. The van der Waals surface area contributed by atoms with Crippen LogP contribution in [-0.4, -0.2) is 19.1 Å². The van der Waals surface area contributed by atoms with Crippen LogP contribution in [0.3, 0.4) is 0 Å². The van der Waals surface area contributed by atoms with Gasteiger partial charge in [0.25, 0.3) is 0 Å². The SMILES string of the molecule is CCC1CCC(NC(=O)CCc2ccc(OC)c(Br)c2)CC1. The standard InChI is InChI=1S/C18H26BrNO2/c1-3-13-4-8-15(9-5-13)20-18(21)11-7-14-6-10-17(22-2)16(19)12-14/h6,10,12-13,15H,3-5,7-9,11H2,1-2H3,(H,20,21). The van der Waals surface area contributed by atoms with E-state index in [1.54, 1.807) is 7.11 Å². The maximum absolute atomic E-state index is 12.1. The number of benzene rings is 1. The smallest absolute Gasteiger partial charge is 0.220 e. The van der Waals surface area contributed by atoms with Crippen molar-refractivity contribution in [2.45, 2.75) is 57.9 Å². The molecule has 0 bridgehead atoms. The molecular weight excluding hydrogens is 342 g/mol. The summed E-state index contributed by atoms with van der Waals surface area (Å²) >= 11 is 3.48. The van der Waals surface area contributed by atoms with Crippen molar-refractivity contribution in [2.75, 3.05) is 7.11 Å². The molecule has 0 unspecified atom stereocenters. The zero-order valence-electron chi connectivity index (χ0n) is 13.5. The van der Waals surface area contributed by atoms with Crippen molar-refractivity contribution in [2.24, 2.45) is 5.92 Å². The van der Waals surface area contributed by atoms with Crippen LogP contribution in [0, 0.1) is 5.92 Å². The van der Waals surface area contributed by atoms with E-state index in [9.17, 15) is 4.79 Å². The molecule has 0 radical (unpaired) electrons. The Bertz CT molecular complexity index is 496. The molecular formula is C18H26BrNO2. The number of methoxy groups -OCH3 is 1. The summed E-state index contributed by atoms with van der Waals surface area (Å²) < 4.78 is 6.15. The third kappa shape index (κ3) is 5.01. The lowest BCUT2D eigenvalue weighted by atomic mass is 9.84. The van der Waals surface area contributed by atoms with Crippen molar-refractivity contribution < 1.29 is 9.53 Å². The molecule has 1 N–H and O–H groups in total. The number of halogens is 1. The zero-order valence-corrected chi connectivity index (χ0v) is 15.1.